The predicted octanol–water partition coefficient (Wildman–Crippen LogP) is 4.06. The van der Waals surface area contributed by atoms with Gasteiger partial charge in [-0.15, -0.1) is 0 Å². The van der Waals surface area contributed by atoms with Gasteiger partial charge in [0.2, 0.25) is 0 Å². The summed E-state index contributed by atoms with van der Waals surface area (Å²) in [5.41, 5.74) is 0.491. The summed E-state index contributed by atoms with van der Waals surface area (Å²) in [6.45, 7) is 11.2. The Balaban J connectivity index is 1.62. The number of nitrogens with zero attached hydrogens (tertiary/aromatic N) is 1. The van der Waals surface area contributed by atoms with Gasteiger partial charge >= 0.3 is 0 Å². The van der Waals surface area contributed by atoms with Gasteiger partial charge in [-0.3, -0.25) is 4.90 Å². The molecule has 0 amide bonds. The summed E-state index contributed by atoms with van der Waals surface area (Å²) in [5, 5.41) is 3.89. The van der Waals surface area contributed by atoms with Crippen molar-refractivity contribution in [2.24, 2.45) is 17.3 Å². The molecule has 4 atom stereocenters. The van der Waals surface area contributed by atoms with Gasteiger partial charge in [-0.2, -0.15) is 0 Å². The van der Waals surface area contributed by atoms with Crippen LogP contribution in [0.3, 0.4) is 0 Å². The molecule has 4 unspecified atom stereocenters. The van der Waals surface area contributed by atoms with E-state index in [-0.39, 0.29) is 0 Å². The molecule has 122 valence electrons. The van der Waals surface area contributed by atoms with Crippen LogP contribution >= 0.6 is 0 Å². The summed E-state index contributed by atoms with van der Waals surface area (Å²) in [6.07, 6.45) is 11.5. The van der Waals surface area contributed by atoms with Crippen molar-refractivity contribution in [2.45, 2.75) is 84.2 Å². The molecular weight excluding hydrogens is 256 g/mol. The zero-order valence-electron chi connectivity index (χ0n) is 14.5. The Morgan fingerprint density at radius 3 is 2.71 bits per heavy atom. The Hall–Kier alpha value is -0.0800. The summed E-state index contributed by atoms with van der Waals surface area (Å²) in [5.74, 6) is 1.92. The molecular formula is C19H36N2. The quantitative estimate of drug-likeness (QED) is 0.822. The van der Waals surface area contributed by atoms with Gasteiger partial charge in [-0.25, -0.2) is 0 Å². The Morgan fingerprint density at radius 2 is 1.90 bits per heavy atom. The van der Waals surface area contributed by atoms with Gasteiger partial charge in [0.1, 0.15) is 0 Å². The standard InChI is InChI=1S/C19H36N2/c1-4-12-20-18-16(10-11-19(18,2)3)14-21-13-6-8-15-7-5-9-17(15)21/h15-18,20H,4-14H2,1-3H3. The van der Waals surface area contributed by atoms with E-state index in [0.717, 1.165) is 23.9 Å². The lowest BCUT2D eigenvalue weighted by atomic mass is 9.84. The monoisotopic (exact) mass is 292 g/mol. The molecule has 1 aliphatic heterocycles. The van der Waals surface area contributed by atoms with Crippen molar-refractivity contribution in [1.29, 1.82) is 0 Å². The Labute approximate surface area is 132 Å². The van der Waals surface area contributed by atoms with Gasteiger partial charge in [0.15, 0.2) is 0 Å². The first-order valence-electron chi connectivity index (χ1n) is 9.59. The average Bonchev–Trinajstić information content (AvgIpc) is 3.03. The molecule has 2 nitrogen and oxygen atoms in total. The molecule has 1 N–H and O–H groups in total. The Kier molecular flexibility index (Phi) is 4.95. The van der Waals surface area contributed by atoms with Crippen LogP contribution in [0.1, 0.15) is 72.1 Å². The van der Waals surface area contributed by atoms with E-state index < -0.39 is 0 Å². The largest absolute Gasteiger partial charge is 0.313 e. The van der Waals surface area contributed by atoms with Crippen molar-refractivity contribution in [3.05, 3.63) is 0 Å². The molecule has 1 heterocycles. The highest BCUT2D eigenvalue weighted by molar-refractivity contribution is 4.99. The minimum atomic E-state index is 0.491. The lowest BCUT2D eigenvalue weighted by Crippen LogP contribution is -2.50. The maximum Gasteiger partial charge on any atom is 0.0159 e. The van der Waals surface area contributed by atoms with Crippen molar-refractivity contribution in [2.75, 3.05) is 19.6 Å². The molecule has 3 rings (SSSR count). The van der Waals surface area contributed by atoms with Crippen LogP contribution in [0.2, 0.25) is 0 Å². The second-order valence-corrected chi connectivity index (χ2v) is 8.61. The fourth-order valence-corrected chi connectivity index (χ4v) is 5.54. The van der Waals surface area contributed by atoms with E-state index >= 15 is 0 Å². The third-order valence-corrected chi connectivity index (χ3v) is 6.66. The highest BCUT2D eigenvalue weighted by Gasteiger charge is 2.44. The molecule has 0 spiro atoms. The number of hydrogen-bond acceptors (Lipinski definition) is 2. The van der Waals surface area contributed by atoms with Crippen LogP contribution in [0.4, 0.5) is 0 Å². The van der Waals surface area contributed by atoms with Crippen LogP contribution in [-0.2, 0) is 0 Å². The minimum Gasteiger partial charge on any atom is -0.313 e. The van der Waals surface area contributed by atoms with Crippen LogP contribution in [0, 0.1) is 17.3 Å². The topological polar surface area (TPSA) is 15.3 Å². The van der Waals surface area contributed by atoms with Gasteiger partial charge in [-0.05, 0) is 75.3 Å². The molecule has 0 bridgehead atoms. The predicted molar refractivity (Wildman–Crippen MR) is 90.5 cm³/mol. The van der Waals surface area contributed by atoms with Crippen LogP contribution < -0.4 is 5.32 Å². The maximum absolute atomic E-state index is 3.89. The van der Waals surface area contributed by atoms with Crippen molar-refractivity contribution >= 4 is 0 Å². The summed E-state index contributed by atoms with van der Waals surface area (Å²) >= 11 is 0. The van der Waals surface area contributed by atoms with Crippen LogP contribution in [0.15, 0.2) is 0 Å². The van der Waals surface area contributed by atoms with E-state index in [9.17, 15) is 0 Å². The fraction of sp³-hybridized carbons (Fsp3) is 1.00. The van der Waals surface area contributed by atoms with Gasteiger partial charge in [-0.1, -0.05) is 27.2 Å². The lowest BCUT2D eigenvalue weighted by molar-refractivity contribution is 0.0843. The molecule has 1 saturated heterocycles. The molecule has 3 aliphatic rings. The highest BCUT2D eigenvalue weighted by atomic mass is 15.2. The molecule has 2 aliphatic carbocycles. The molecule has 0 radical (unpaired) electrons. The summed E-state index contributed by atoms with van der Waals surface area (Å²) in [7, 11) is 0. The molecule has 0 aromatic carbocycles. The summed E-state index contributed by atoms with van der Waals surface area (Å²) in [4.78, 5) is 2.90. The van der Waals surface area contributed by atoms with E-state index in [1.54, 1.807) is 0 Å². The van der Waals surface area contributed by atoms with E-state index in [4.69, 9.17) is 0 Å². The average molecular weight is 293 g/mol. The van der Waals surface area contributed by atoms with Crippen molar-refractivity contribution in [3.8, 4) is 0 Å². The summed E-state index contributed by atoms with van der Waals surface area (Å²) in [6, 6.07) is 1.67. The molecule has 2 saturated carbocycles. The van der Waals surface area contributed by atoms with Gasteiger partial charge < -0.3 is 5.32 Å². The Bertz CT molecular complexity index is 338. The van der Waals surface area contributed by atoms with Gasteiger partial charge in [0, 0.05) is 18.6 Å². The first-order chi connectivity index (χ1) is 10.1. The normalized spacial score (nSPS) is 39.6. The number of nitrogens with one attached hydrogen (secondary N) is 1. The van der Waals surface area contributed by atoms with E-state index in [0.29, 0.717) is 5.41 Å². The zero-order valence-corrected chi connectivity index (χ0v) is 14.5. The molecule has 0 aromatic heterocycles. The number of hydrogen-bond donors (Lipinski definition) is 1. The van der Waals surface area contributed by atoms with Crippen LogP contribution in [-0.4, -0.2) is 36.6 Å². The number of rotatable bonds is 5. The molecule has 0 aromatic rings. The van der Waals surface area contributed by atoms with Crippen molar-refractivity contribution in [3.63, 3.8) is 0 Å². The molecule has 21 heavy (non-hydrogen) atoms. The maximum atomic E-state index is 3.89. The smallest absolute Gasteiger partial charge is 0.0159 e. The number of likely N-dealkylation sites (tertiary alicyclic amines) is 1. The molecule has 2 heteroatoms. The second kappa shape index (κ2) is 6.58. The first kappa shape index (κ1) is 15.8. The zero-order chi connectivity index (χ0) is 14.9. The first-order valence-corrected chi connectivity index (χ1v) is 9.59. The minimum absolute atomic E-state index is 0.491. The number of piperidine rings is 1. The van der Waals surface area contributed by atoms with E-state index in [2.05, 4.69) is 31.0 Å². The van der Waals surface area contributed by atoms with Crippen molar-refractivity contribution in [1.82, 2.24) is 10.2 Å². The SMILES string of the molecule is CCCNC1C(CN2CCCC3CCCC32)CCC1(C)C. The lowest BCUT2D eigenvalue weighted by Gasteiger charge is -2.41. The van der Waals surface area contributed by atoms with Gasteiger partial charge in [0.25, 0.3) is 0 Å². The van der Waals surface area contributed by atoms with Gasteiger partial charge in [0.05, 0.1) is 0 Å². The van der Waals surface area contributed by atoms with E-state index in [1.165, 1.54) is 71.0 Å². The van der Waals surface area contributed by atoms with Crippen LogP contribution in [0.5, 0.6) is 0 Å². The second-order valence-electron chi connectivity index (χ2n) is 8.61. The Morgan fingerprint density at radius 1 is 1.10 bits per heavy atom. The third-order valence-electron chi connectivity index (χ3n) is 6.66. The van der Waals surface area contributed by atoms with E-state index in [1.807, 2.05) is 0 Å². The fourth-order valence-electron chi connectivity index (χ4n) is 5.54. The highest BCUT2D eigenvalue weighted by Crippen LogP contribution is 2.43. The third kappa shape index (κ3) is 3.32. The van der Waals surface area contributed by atoms with Crippen molar-refractivity contribution < 1.29 is 0 Å². The molecule has 3 fully saturated rings. The number of fused-ring (bicyclic) bond motifs is 1. The summed E-state index contributed by atoms with van der Waals surface area (Å²) < 4.78 is 0. The van der Waals surface area contributed by atoms with Crippen LogP contribution in [0.25, 0.3) is 0 Å².